The van der Waals surface area contributed by atoms with Crippen molar-refractivity contribution in [3.05, 3.63) is 66.7 Å². The Morgan fingerprint density at radius 3 is 1.88 bits per heavy atom. The Labute approximate surface area is 149 Å². The van der Waals surface area contributed by atoms with Crippen LogP contribution in [0.1, 0.15) is 13.8 Å². The molecular formula is C23H20OSi. The van der Waals surface area contributed by atoms with Gasteiger partial charge in [0.25, 0.3) is 0 Å². The molecule has 0 spiro atoms. The summed E-state index contributed by atoms with van der Waals surface area (Å²) in [4.78, 5) is 0. The third kappa shape index (κ3) is 2.25. The lowest BCUT2D eigenvalue weighted by molar-refractivity contribution is 0.260. The second-order valence-corrected chi connectivity index (χ2v) is 8.55. The lowest BCUT2D eigenvalue weighted by Gasteiger charge is -2.16. The summed E-state index contributed by atoms with van der Waals surface area (Å²) in [7, 11) is -0.709. The van der Waals surface area contributed by atoms with E-state index in [0.29, 0.717) is 6.10 Å². The number of fused-ring (bicyclic) bond motifs is 2. The van der Waals surface area contributed by atoms with Crippen molar-refractivity contribution in [1.82, 2.24) is 0 Å². The molecule has 5 aromatic carbocycles. The zero-order chi connectivity index (χ0) is 17.0. The molecule has 0 radical (unpaired) electrons. The maximum absolute atomic E-state index is 6.01. The molecule has 1 nitrogen and oxygen atoms in total. The van der Waals surface area contributed by atoms with Gasteiger partial charge in [-0.3, -0.25) is 0 Å². The van der Waals surface area contributed by atoms with Gasteiger partial charge in [-0.25, -0.2) is 0 Å². The Hall–Kier alpha value is -2.42. The van der Waals surface area contributed by atoms with Gasteiger partial charge in [0.05, 0.1) is 0 Å². The molecule has 0 unspecified atom stereocenters. The maximum Gasteiger partial charge on any atom is 0.192 e. The molecule has 0 atom stereocenters. The quantitative estimate of drug-likeness (QED) is 0.259. The molecule has 0 amide bonds. The van der Waals surface area contributed by atoms with Crippen molar-refractivity contribution in [3.63, 3.8) is 0 Å². The molecule has 5 aromatic rings. The van der Waals surface area contributed by atoms with E-state index in [1.165, 1.54) is 48.3 Å². The summed E-state index contributed by atoms with van der Waals surface area (Å²) < 4.78 is 6.01. The van der Waals surface area contributed by atoms with E-state index in [1.54, 1.807) is 0 Å². The normalized spacial score (nSPS) is 12.8. The minimum Gasteiger partial charge on any atom is -0.416 e. The summed E-state index contributed by atoms with van der Waals surface area (Å²) in [6, 6.07) is 24.7. The van der Waals surface area contributed by atoms with Crippen LogP contribution in [0.4, 0.5) is 0 Å². The Balaban J connectivity index is 1.96. The van der Waals surface area contributed by atoms with Crippen molar-refractivity contribution in [2.45, 2.75) is 20.0 Å². The molecule has 0 saturated carbocycles. The van der Waals surface area contributed by atoms with Gasteiger partial charge in [-0.1, -0.05) is 66.7 Å². The van der Waals surface area contributed by atoms with Crippen molar-refractivity contribution < 1.29 is 4.43 Å². The first-order valence-corrected chi connectivity index (χ1v) is 10.2. The van der Waals surface area contributed by atoms with Crippen molar-refractivity contribution in [2.24, 2.45) is 0 Å². The predicted octanol–water partition coefficient (Wildman–Crippen LogP) is 4.87. The van der Waals surface area contributed by atoms with Gasteiger partial charge in [0.2, 0.25) is 0 Å². The standard InChI is InChI=1S/C23H20OSi/c1-14(2)24-25-17-12-16-8-5-10-19-18-9-3-6-15-7-4-11-20(22(15)18)21(13-17)23(16)19/h3-14H,25H2,1-2H3. The number of benzene rings is 5. The molecule has 0 saturated heterocycles. The van der Waals surface area contributed by atoms with E-state index in [0.717, 1.165) is 0 Å². The van der Waals surface area contributed by atoms with Crippen LogP contribution in [0.2, 0.25) is 0 Å². The third-order valence-electron chi connectivity index (χ3n) is 5.11. The van der Waals surface area contributed by atoms with Gasteiger partial charge in [0.15, 0.2) is 9.76 Å². The maximum atomic E-state index is 6.01. The largest absolute Gasteiger partial charge is 0.416 e. The number of hydrogen-bond donors (Lipinski definition) is 0. The Morgan fingerprint density at radius 1 is 0.680 bits per heavy atom. The number of rotatable bonds is 3. The second-order valence-electron chi connectivity index (χ2n) is 7.12. The van der Waals surface area contributed by atoms with E-state index >= 15 is 0 Å². The van der Waals surface area contributed by atoms with Gasteiger partial charge in [0.1, 0.15) is 0 Å². The van der Waals surface area contributed by atoms with Gasteiger partial charge in [-0.15, -0.1) is 0 Å². The van der Waals surface area contributed by atoms with Crippen LogP contribution in [0.25, 0.3) is 43.1 Å². The summed E-state index contributed by atoms with van der Waals surface area (Å²) in [6.07, 6.45) is 0.300. The summed E-state index contributed by atoms with van der Waals surface area (Å²) in [5.74, 6) is 0. The zero-order valence-electron chi connectivity index (χ0n) is 14.5. The van der Waals surface area contributed by atoms with Crippen LogP contribution in [-0.2, 0) is 4.43 Å². The van der Waals surface area contributed by atoms with Gasteiger partial charge < -0.3 is 4.43 Å². The molecule has 122 valence electrons. The van der Waals surface area contributed by atoms with E-state index < -0.39 is 9.76 Å². The minimum atomic E-state index is -0.709. The van der Waals surface area contributed by atoms with Crippen LogP contribution in [0.5, 0.6) is 0 Å². The van der Waals surface area contributed by atoms with Gasteiger partial charge in [-0.2, -0.15) is 0 Å². The first kappa shape index (κ1) is 14.9. The van der Waals surface area contributed by atoms with Crippen LogP contribution in [-0.4, -0.2) is 15.9 Å². The summed E-state index contributed by atoms with van der Waals surface area (Å²) >= 11 is 0. The highest BCUT2D eigenvalue weighted by Crippen LogP contribution is 2.39. The average Bonchev–Trinajstić information content (AvgIpc) is 2.64. The molecule has 0 aromatic heterocycles. The van der Waals surface area contributed by atoms with E-state index in [-0.39, 0.29) is 0 Å². The SMILES string of the molecule is CC(C)O[SiH2]c1cc2cccc3c4cccc5cccc(c(c1)c23)c54. The van der Waals surface area contributed by atoms with E-state index in [2.05, 4.69) is 80.6 Å². The fourth-order valence-electron chi connectivity index (χ4n) is 4.06. The molecule has 5 rings (SSSR count). The van der Waals surface area contributed by atoms with E-state index in [4.69, 9.17) is 4.43 Å². The van der Waals surface area contributed by atoms with Crippen LogP contribution in [0.15, 0.2) is 66.7 Å². The molecule has 0 aliphatic heterocycles. The van der Waals surface area contributed by atoms with Crippen LogP contribution < -0.4 is 5.19 Å². The predicted molar refractivity (Wildman–Crippen MR) is 112 cm³/mol. The van der Waals surface area contributed by atoms with Crippen LogP contribution in [0, 0.1) is 0 Å². The molecule has 0 fully saturated rings. The summed E-state index contributed by atoms with van der Waals surface area (Å²) in [5.41, 5.74) is 0. The van der Waals surface area contributed by atoms with E-state index in [1.807, 2.05) is 0 Å². The minimum absolute atomic E-state index is 0.300. The molecule has 25 heavy (non-hydrogen) atoms. The smallest absolute Gasteiger partial charge is 0.192 e. The Bertz CT molecular complexity index is 1220. The highest BCUT2D eigenvalue weighted by Gasteiger charge is 2.13. The fourth-order valence-corrected chi connectivity index (χ4v) is 5.18. The van der Waals surface area contributed by atoms with Crippen molar-refractivity contribution in [1.29, 1.82) is 0 Å². The topological polar surface area (TPSA) is 9.23 Å². The zero-order valence-corrected chi connectivity index (χ0v) is 16.0. The Kier molecular flexibility index (Phi) is 3.30. The monoisotopic (exact) mass is 340 g/mol. The molecular weight excluding hydrogens is 320 g/mol. The summed E-state index contributed by atoms with van der Waals surface area (Å²) in [6.45, 7) is 4.24. The van der Waals surface area contributed by atoms with Crippen molar-refractivity contribution in [3.8, 4) is 0 Å². The lowest BCUT2D eigenvalue weighted by Crippen LogP contribution is -2.20. The number of hydrogen-bond acceptors (Lipinski definition) is 1. The first-order chi connectivity index (χ1) is 12.2. The van der Waals surface area contributed by atoms with Gasteiger partial charge >= 0.3 is 0 Å². The van der Waals surface area contributed by atoms with Crippen molar-refractivity contribution >= 4 is 58.0 Å². The second kappa shape index (κ2) is 5.55. The van der Waals surface area contributed by atoms with Gasteiger partial charge in [-0.05, 0) is 62.1 Å². The van der Waals surface area contributed by atoms with Crippen molar-refractivity contribution in [2.75, 3.05) is 0 Å². The van der Waals surface area contributed by atoms with E-state index in [9.17, 15) is 0 Å². The average molecular weight is 340 g/mol. The molecule has 2 heteroatoms. The molecule has 0 bridgehead atoms. The third-order valence-corrected chi connectivity index (χ3v) is 6.68. The van der Waals surface area contributed by atoms with Crippen LogP contribution >= 0.6 is 0 Å². The highest BCUT2D eigenvalue weighted by atomic mass is 28.2. The molecule has 0 N–H and O–H groups in total. The molecule has 0 heterocycles. The lowest BCUT2D eigenvalue weighted by atomic mass is 9.90. The van der Waals surface area contributed by atoms with Crippen LogP contribution in [0.3, 0.4) is 0 Å². The summed E-state index contributed by atoms with van der Waals surface area (Å²) in [5, 5.41) is 12.2. The molecule has 0 aliphatic carbocycles. The first-order valence-electron chi connectivity index (χ1n) is 8.92. The fraction of sp³-hybridized carbons (Fsp3) is 0.130. The highest BCUT2D eigenvalue weighted by molar-refractivity contribution is 6.49. The molecule has 0 aliphatic rings. The van der Waals surface area contributed by atoms with Gasteiger partial charge in [0, 0.05) is 6.10 Å². The Morgan fingerprint density at radius 2 is 1.24 bits per heavy atom.